The second-order valence-electron chi connectivity index (χ2n) is 3.62. The number of H-pyrrole nitrogens is 1. The van der Waals surface area contributed by atoms with Gasteiger partial charge in [0.2, 0.25) is 5.82 Å². The number of aromatic amines is 1. The summed E-state index contributed by atoms with van der Waals surface area (Å²) in [6.45, 7) is 1.45. The molecule has 0 unspecified atom stereocenters. The fraction of sp³-hybridized carbons (Fsp3) is 0.0909. The van der Waals surface area contributed by atoms with Crippen LogP contribution in [0, 0.1) is 24.1 Å². The molecule has 96 valence electrons. The topological polar surface area (TPSA) is 111 Å². The largest absolute Gasteiger partial charge is 0.505 e. The first-order valence-corrected chi connectivity index (χ1v) is 5.22. The molecule has 0 fully saturated rings. The molecular formula is C11H9FN6O. The molecule has 1 aromatic heterocycles. The summed E-state index contributed by atoms with van der Waals surface area (Å²) in [4.78, 5) is 0. The molecule has 19 heavy (non-hydrogen) atoms. The summed E-state index contributed by atoms with van der Waals surface area (Å²) in [5.74, 6) is -0.610. The van der Waals surface area contributed by atoms with Crippen molar-refractivity contribution in [1.82, 2.24) is 20.6 Å². The molecule has 8 heteroatoms. The van der Waals surface area contributed by atoms with E-state index in [0.29, 0.717) is 0 Å². The molecule has 0 spiro atoms. The number of aromatic nitrogens is 4. The highest BCUT2D eigenvalue weighted by molar-refractivity contribution is 5.75. The lowest BCUT2D eigenvalue weighted by Crippen LogP contribution is -1.95. The van der Waals surface area contributed by atoms with Crippen molar-refractivity contribution < 1.29 is 9.50 Å². The highest BCUT2D eigenvalue weighted by atomic mass is 19.1. The molecule has 0 saturated carbocycles. The number of rotatable bonds is 3. The van der Waals surface area contributed by atoms with E-state index in [2.05, 4.69) is 25.9 Å². The van der Waals surface area contributed by atoms with Gasteiger partial charge in [-0.05, 0) is 24.3 Å². The minimum Gasteiger partial charge on any atom is -0.505 e. The van der Waals surface area contributed by atoms with Crippen LogP contribution < -0.4 is 5.32 Å². The molecule has 1 aromatic carbocycles. The molecule has 7 nitrogen and oxygen atoms in total. The Kier molecular flexibility index (Phi) is 3.38. The molecule has 0 bridgehead atoms. The molecule has 1 heterocycles. The summed E-state index contributed by atoms with van der Waals surface area (Å²) in [6.07, 6.45) is 1.30. The average molecular weight is 260 g/mol. The number of allylic oxidation sites excluding steroid dienone is 1. The summed E-state index contributed by atoms with van der Waals surface area (Å²) >= 11 is 0. The summed E-state index contributed by atoms with van der Waals surface area (Å²) in [5, 5.41) is 34.2. The molecule has 0 saturated heterocycles. The number of nitrogens with one attached hydrogen (secondary N) is 2. The van der Waals surface area contributed by atoms with Crippen LogP contribution in [0.5, 0.6) is 5.75 Å². The SMILES string of the molecule is Cc1c(F)ccc(NC=C(C#N)c2nn[nH]n2)c1O. The first kappa shape index (κ1) is 12.5. The van der Waals surface area contributed by atoms with Crippen LogP contribution in [0.3, 0.4) is 0 Å². The van der Waals surface area contributed by atoms with Crippen molar-refractivity contribution in [2.45, 2.75) is 6.92 Å². The average Bonchev–Trinajstić information content (AvgIpc) is 2.93. The molecule has 0 amide bonds. The van der Waals surface area contributed by atoms with Crippen molar-refractivity contribution in [3.05, 3.63) is 35.5 Å². The Labute approximate surface area is 107 Å². The molecule has 0 atom stereocenters. The second-order valence-corrected chi connectivity index (χ2v) is 3.62. The number of benzene rings is 1. The lowest BCUT2D eigenvalue weighted by atomic mass is 10.2. The molecular weight excluding hydrogens is 251 g/mol. The Balaban J connectivity index is 2.28. The molecule has 0 aliphatic rings. The summed E-state index contributed by atoms with van der Waals surface area (Å²) in [5.41, 5.74) is 0.516. The van der Waals surface area contributed by atoms with Crippen molar-refractivity contribution in [3.8, 4) is 11.8 Å². The number of phenolic OH excluding ortho intramolecular Hbond substituents is 1. The van der Waals surface area contributed by atoms with Gasteiger partial charge in [-0.2, -0.15) is 10.5 Å². The van der Waals surface area contributed by atoms with Crippen molar-refractivity contribution >= 4 is 11.3 Å². The number of tetrazole rings is 1. The van der Waals surface area contributed by atoms with Gasteiger partial charge in [0.25, 0.3) is 0 Å². The zero-order chi connectivity index (χ0) is 13.8. The Morgan fingerprint density at radius 1 is 1.58 bits per heavy atom. The van der Waals surface area contributed by atoms with E-state index >= 15 is 0 Å². The van der Waals surface area contributed by atoms with Gasteiger partial charge in [-0.1, -0.05) is 0 Å². The fourth-order valence-corrected chi connectivity index (χ4v) is 1.36. The van der Waals surface area contributed by atoms with E-state index in [-0.39, 0.29) is 28.4 Å². The second kappa shape index (κ2) is 5.14. The number of halogens is 1. The van der Waals surface area contributed by atoms with Gasteiger partial charge in [0.1, 0.15) is 23.2 Å². The predicted molar refractivity (Wildman–Crippen MR) is 64.2 cm³/mol. The van der Waals surface area contributed by atoms with Crippen LogP contribution in [0.25, 0.3) is 5.57 Å². The molecule has 2 rings (SSSR count). The van der Waals surface area contributed by atoms with E-state index in [1.165, 1.54) is 25.3 Å². The Morgan fingerprint density at radius 3 is 3.00 bits per heavy atom. The lowest BCUT2D eigenvalue weighted by Gasteiger charge is -2.07. The van der Waals surface area contributed by atoms with Crippen LogP contribution in [0.15, 0.2) is 18.3 Å². The van der Waals surface area contributed by atoms with Crippen molar-refractivity contribution in [3.63, 3.8) is 0 Å². The van der Waals surface area contributed by atoms with Gasteiger partial charge >= 0.3 is 0 Å². The fourth-order valence-electron chi connectivity index (χ4n) is 1.36. The standard InChI is InChI=1S/C11H9FN6O/c1-6-8(12)2-3-9(10(6)19)14-5-7(4-13)11-15-17-18-16-11/h2-3,5,14,19H,1H3,(H,15,16,17,18). The van der Waals surface area contributed by atoms with Crippen LogP contribution in [0.4, 0.5) is 10.1 Å². The highest BCUT2D eigenvalue weighted by Crippen LogP contribution is 2.29. The van der Waals surface area contributed by atoms with Crippen molar-refractivity contribution in [2.24, 2.45) is 0 Å². The minimum absolute atomic E-state index is 0.119. The Hall–Kier alpha value is -2.95. The van der Waals surface area contributed by atoms with Crippen molar-refractivity contribution in [1.29, 1.82) is 5.26 Å². The number of phenols is 1. The molecule has 0 aliphatic carbocycles. The third-order valence-corrected chi connectivity index (χ3v) is 2.44. The van der Waals surface area contributed by atoms with Gasteiger partial charge in [-0.25, -0.2) is 4.39 Å². The third-order valence-electron chi connectivity index (χ3n) is 2.44. The van der Waals surface area contributed by atoms with Gasteiger partial charge in [0.15, 0.2) is 0 Å². The van der Waals surface area contributed by atoms with E-state index < -0.39 is 5.82 Å². The van der Waals surface area contributed by atoms with Gasteiger partial charge in [-0.3, -0.25) is 0 Å². The first-order valence-electron chi connectivity index (χ1n) is 5.22. The van der Waals surface area contributed by atoms with Crippen LogP contribution in [-0.4, -0.2) is 25.7 Å². The van der Waals surface area contributed by atoms with E-state index in [0.717, 1.165) is 0 Å². The Bertz CT molecular complexity index is 659. The predicted octanol–water partition coefficient (Wildman–Crippen LogP) is 1.33. The molecule has 2 aromatic rings. The monoisotopic (exact) mass is 260 g/mol. The van der Waals surface area contributed by atoms with Gasteiger partial charge < -0.3 is 10.4 Å². The third kappa shape index (κ3) is 2.50. The maximum Gasteiger partial charge on any atom is 0.216 e. The quantitative estimate of drug-likeness (QED) is 0.567. The van der Waals surface area contributed by atoms with E-state index in [4.69, 9.17) is 5.26 Å². The van der Waals surface area contributed by atoms with Gasteiger partial charge in [0.05, 0.1) is 5.69 Å². The van der Waals surface area contributed by atoms with E-state index in [1.54, 1.807) is 0 Å². The molecule has 0 aliphatic heterocycles. The number of anilines is 1. The number of aromatic hydroxyl groups is 1. The zero-order valence-electron chi connectivity index (χ0n) is 9.85. The summed E-state index contributed by atoms with van der Waals surface area (Å²) in [7, 11) is 0. The molecule has 3 N–H and O–H groups in total. The van der Waals surface area contributed by atoms with Crippen LogP contribution >= 0.6 is 0 Å². The summed E-state index contributed by atoms with van der Waals surface area (Å²) in [6, 6.07) is 4.45. The normalized spacial score (nSPS) is 11.1. The number of hydrogen-bond acceptors (Lipinski definition) is 6. The van der Waals surface area contributed by atoms with E-state index in [9.17, 15) is 9.50 Å². The smallest absolute Gasteiger partial charge is 0.216 e. The van der Waals surface area contributed by atoms with Crippen LogP contribution in [0.2, 0.25) is 0 Å². The Morgan fingerprint density at radius 2 is 2.37 bits per heavy atom. The number of nitrogens with zero attached hydrogens (tertiary/aromatic N) is 4. The first-order chi connectivity index (χ1) is 9.13. The van der Waals surface area contributed by atoms with Crippen LogP contribution in [0.1, 0.15) is 11.4 Å². The van der Waals surface area contributed by atoms with E-state index in [1.807, 2.05) is 6.07 Å². The highest BCUT2D eigenvalue weighted by Gasteiger charge is 2.09. The van der Waals surface area contributed by atoms with Crippen LogP contribution in [-0.2, 0) is 0 Å². The minimum atomic E-state index is -0.509. The maximum atomic E-state index is 13.2. The lowest BCUT2D eigenvalue weighted by molar-refractivity contribution is 0.465. The number of nitriles is 1. The van der Waals surface area contributed by atoms with Gasteiger partial charge in [0, 0.05) is 11.8 Å². The zero-order valence-corrected chi connectivity index (χ0v) is 9.85. The summed E-state index contributed by atoms with van der Waals surface area (Å²) < 4.78 is 13.2. The maximum absolute atomic E-state index is 13.2. The van der Waals surface area contributed by atoms with Crippen molar-refractivity contribution in [2.75, 3.05) is 5.32 Å². The molecule has 0 radical (unpaired) electrons. The van der Waals surface area contributed by atoms with Gasteiger partial charge in [-0.15, -0.1) is 10.2 Å². The number of hydrogen-bond donors (Lipinski definition) is 3.